The number of carbonyl (C=O) groups excluding carboxylic acids is 3. The van der Waals surface area contributed by atoms with Crippen LogP contribution in [0, 0.1) is 5.82 Å². The third kappa shape index (κ3) is 4.60. The van der Waals surface area contributed by atoms with Crippen molar-refractivity contribution in [3.8, 4) is 5.75 Å². The van der Waals surface area contributed by atoms with Crippen LogP contribution >= 0.6 is 11.3 Å². The summed E-state index contributed by atoms with van der Waals surface area (Å²) < 4.78 is 30.4. The van der Waals surface area contributed by atoms with Crippen molar-refractivity contribution in [1.29, 1.82) is 0 Å². The quantitative estimate of drug-likeness (QED) is 0.405. The highest BCUT2D eigenvalue weighted by Gasteiger charge is 2.23. The Morgan fingerprint density at radius 3 is 2.66 bits per heavy atom. The molecule has 6 nitrogen and oxygen atoms in total. The first-order valence-corrected chi connectivity index (χ1v) is 9.56. The van der Waals surface area contributed by atoms with Gasteiger partial charge in [0.1, 0.15) is 23.1 Å². The number of para-hydroxylation sites is 1. The number of aldehydes is 1. The highest BCUT2D eigenvalue weighted by molar-refractivity contribution is 7.21. The third-order valence-corrected chi connectivity index (χ3v) is 5.17. The van der Waals surface area contributed by atoms with Crippen molar-refractivity contribution in [3.05, 3.63) is 64.3 Å². The molecule has 0 aliphatic carbocycles. The summed E-state index contributed by atoms with van der Waals surface area (Å²) >= 11 is 1.08. The summed E-state index contributed by atoms with van der Waals surface area (Å²) in [6, 6.07) is 10.9. The first-order chi connectivity index (χ1) is 14.0. The van der Waals surface area contributed by atoms with Crippen molar-refractivity contribution in [1.82, 2.24) is 0 Å². The van der Waals surface area contributed by atoms with Crippen molar-refractivity contribution in [2.45, 2.75) is 13.5 Å². The Bertz CT molecular complexity index is 1060. The van der Waals surface area contributed by atoms with Gasteiger partial charge in [0, 0.05) is 15.6 Å². The van der Waals surface area contributed by atoms with E-state index in [1.165, 1.54) is 12.1 Å². The minimum atomic E-state index is -0.726. The molecule has 0 atom stereocenters. The van der Waals surface area contributed by atoms with E-state index in [4.69, 9.17) is 14.2 Å². The molecular weight excluding hydrogens is 399 g/mol. The molecule has 0 aliphatic heterocycles. The first kappa shape index (κ1) is 20.5. The van der Waals surface area contributed by atoms with Crippen molar-refractivity contribution in [3.63, 3.8) is 0 Å². The van der Waals surface area contributed by atoms with Gasteiger partial charge >= 0.3 is 11.9 Å². The Balaban J connectivity index is 1.75. The van der Waals surface area contributed by atoms with Gasteiger partial charge in [0.2, 0.25) is 0 Å². The number of hydrogen-bond donors (Lipinski definition) is 0. The van der Waals surface area contributed by atoms with Gasteiger partial charge in [-0.05, 0) is 31.2 Å². The van der Waals surface area contributed by atoms with Gasteiger partial charge in [-0.15, -0.1) is 11.3 Å². The highest BCUT2D eigenvalue weighted by Crippen LogP contribution is 2.34. The molecule has 0 radical (unpaired) electrons. The van der Waals surface area contributed by atoms with Crippen LogP contribution in [0.3, 0.4) is 0 Å². The predicted molar refractivity (Wildman–Crippen MR) is 105 cm³/mol. The lowest BCUT2D eigenvalue weighted by molar-refractivity contribution is -0.147. The molecular formula is C21H17FO6S. The molecule has 0 saturated heterocycles. The Kier molecular flexibility index (Phi) is 6.56. The van der Waals surface area contributed by atoms with Gasteiger partial charge in [-0.1, -0.05) is 18.2 Å². The fourth-order valence-electron chi connectivity index (χ4n) is 2.71. The van der Waals surface area contributed by atoms with Gasteiger partial charge in [0.25, 0.3) is 0 Å². The second-order valence-corrected chi connectivity index (χ2v) is 6.90. The number of benzene rings is 2. The number of thiophene rings is 1. The average Bonchev–Trinajstić information content (AvgIpc) is 3.11. The molecule has 150 valence electrons. The van der Waals surface area contributed by atoms with E-state index in [0.29, 0.717) is 16.5 Å². The van der Waals surface area contributed by atoms with Gasteiger partial charge in [0.05, 0.1) is 12.2 Å². The Morgan fingerprint density at radius 1 is 1.10 bits per heavy atom. The number of rotatable bonds is 8. The topological polar surface area (TPSA) is 78.9 Å². The molecule has 0 aliphatic rings. The molecule has 0 saturated carbocycles. The molecule has 0 unspecified atom stereocenters. The lowest BCUT2D eigenvalue weighted by Crippen LogP contribution is -2.16. The summed E-state index contributed by atoms with van der Waals surface area (Å²) in [5.41, 5.74) is 0.555. The second-order valence-electron chi connectivity index (χ2n) is 5.85. The van der Waals surface area contributed by atoms with E-state index in [1.807, 2.05) is 0 Å². The van der Waals surface area contributed by atoms with E-state index in [-0.39, 0.29) is 34.8 Å². The molecule has 0 N–H and O–H groups in total. The zero-order chi connectivity index (χ0) is 20.8. The Labute approximate surface area is 169 Å². The molecule has 1 aromatic heterocycles. The fourth-order valence-corrected chi connectivity index (χ4v) is 3.82. The van der Waals surface area contributed by atoms with Crippen LogP contribution in [-0.4, -0.2) is 31.4 Å². The smallest absolute Gasteiger partial charge is 0.348 e. The largest absolute Gasteiger partial charge is 0.481 e. The van der Waals surface area contributed by atoms with Gasteiger partial charge in [-0.2, -0.15) is 0 Å². The summed E-state index contributed by atoms with van der Waals surface area (Å²) in [6.07, 6.45) is 0.618. The fraction of sp³-hybridized carbons (Fsp3) is 0.190. The SMILES string of the molecule is CCOC(=O)c1sc2cccc(F)c2c1COC(=O)COc1ccccc1C=O. The molecule has 3 rings (SSSR count). The van der Waals surface area contributed by atoms with E-state index in [9.17, 15) is 18.8 Å². The number of esters is 2. The van der Waals surface area contributed by atoms with Crippen molar-refractivity contribution < 1.29 is 33.0 Å². The maximum atomic E-state index is 14.3. The number of carbonyl (C=O) groups is 3. The summed E-state index contributed by atoms with van der Waals surface area (Å²) in [5, 5.41) is 0.223. The van der Waals surface area contributed by atoms with Gasteiger partial charge in [0.15, 0.2) is 12.9 Å². The van der Waals surface area contributed by atoms with Crippen LogP contribution in [0.4, 0.5) is 4.39 Å². The normalized spacial score (nSPS) is 10.6. The average molecular weight is 416 g/mol. The number of hydrogen-bond acceptors (Lipinski definition) is 7. The molecule has 0 spiro atoms. The van der Waals surface area contributed by atoms with Crippen molar-refractivity contribution >= 4 is 39.6 Å². The number of fused-ring (bicyclic) bond motifs is 1. The van der Waals surface area contributed by atoms with Crippen LogP contribution in [-0.2, 0) is 20.9 Å². The zero-order valence-electron chi connectivity index (χ0n) is 15.5. The molecule has 8 heteroatoms. The van der Waals surface area contributed by atoms with Gasteiger partial charge < -0.3 is 14.2 Å². The summed E-state index contributed by atoms with van der Waals surface area (Å²) in [7, 11) is 0. The molecule has 3 aromatic rings. The molecule has 29 heavy (non-hydrogen) atoms. The maximum Gasteiger partial charge on any atom is 0.348 e. The van der Waals surface area contributed by atoms with E-state index >= 15 is 0 Å². The van der Waals surface area contributed by atoms with Crippen LogP contribution in [0.5, 0.6) is 5.75 Å². The molecule has 0 fully saturated rings. The van der Waals surface area contributed by atoms with Gasteiger partial charge in [-0.3, -0.25) is 4.79 Å². The standard InChI is InChI=1S/C21H17FO6S/c1-2-26-21(25)20-14(19-15(22)7-5-9-17(19)29-20)11-28-18(24)12-27-16-8-4-3-6-13(16)10-23/h3-10H,2,11-12H2,1H3. The molecule has 0 amide bonds. The maximum absolute atomic E-state index is 14.3. The van der Waals surface area contributed by atoms with Crippen LogP contribution < -0.4 is 4.74 Å². The highest BCUT2D eigenvalue weighted by atomic mass is 32.1. The second kappa shape index (κ2) is 9.29. The van der Waals surface area contributed by atoms with Crippen LogP contribution in [0.1, 0.15) is 32.5 Å². The zero-order valence-corrected chi connectivity index (χ0v) is 16.3. The molecule has 1 heterocycles. The van der Waals surface area contributed by atoms with Crippen molar-refractivity contribution in [2.24, 2.45) is 0 Å². The minimum Gasteiger partial charge on any atom is -0.481 e. The van der Waals surface area contributed by atoms with E-state index in [2.05, 4.69) is 0 Å². The lowest BCUT2D eigenvalue weighted by atomic mass is 10.1. The number of ether oxygens (including phenoxy) is 3. The van der Waals surface area contributed by atoms with Crippen LogP contribution in [0.15, 0.2) is 42.5 Å². The molecule has 2 aromatic carbocycles. The first-order valence-electron chi connectivity index (χ1n) is 8.74. The summed E-state index contributed by atoms with van der Waals surface area (Å²) in [4.78, 5) is 35.5. The monoisotopic (exact) mass is 416 g/mol. The Hall–Kier alpha value is -3.26. The third-order valence-electron chi connectivity index (χ3n) is 3.99. The summed E-state index contributed by atoms with van der Waals surface area (Å²) in [6.45, 7) is 1.08. The van der Waals surface area contributed by atoms with Gasteiger partial charge in [-0.25, -0.2) is 14.0 Å². The van der Waals surface area contributed by atoms with E-state index < -0.39 is 24.4 Å². The Morgan fingerprint density at radius 2 is 1.90 bits per heavy atom. The van der Waals surface area contributed by atoms with Crippen molar-refractivity contribution in [2.75, 3.05) is 13.2 Å². The van der Waals surface area contributed by atoms with E-state index in [1.54, 1.807) is 37.3 Å². The predicted octanol–water partition coefficient (Wildman–Crippen LogP) is 4.15. The lowest BCUT2D eigenvalue weighted by Gasteiger charge is -2.09. The summed E-state index contributed by atoms with van der Waals surface area (Å²) in [5.74, 6) is -1.60. The van der Waals surface area contributed by atoms with Crippen LogP contribution in [0.25, 0.3) is 10.1 Å². The van der Waals surface area contributed by atoms with Crippen LogP contribution in [0.2, 0.25) is 0 Å². The number of halogens is 1. The van der Waals surface area contributed by atoms with E-state index in [0.717, 1.165) is 11.3 Å². The molecule has 0 bridgehead atoms. The minimum absolute atomic E-state index is 0.165.